The number of anilines is 1. The molecule has 1 saturated heterocycles. The van der Waals surface area contributed by atoms with Gasteiger partial charge < -0.3 is 14.6 Å². The number of hydrogen-bond acceptors (Lipinski definition) is 6. The predicted molar refractivity (Wildman–Crippen MR) is 93.3 cm³/mol. The first-order chi connectivity index (χ1) is 12.2. The lowest BCUT2D eigenvalue weighted by Crippen LogP contribution is -2.45. The van der Waals surface area contributed by atoms with Crippen molar-refractivity contribution in [1.82, 2.24) is 9.55 Å². The Balaban J connectivity index is 1.81. The largest absolute Gasteiger partial charge is 0.380 e. The first-order valence-corrected chi connectivity index (χ1v) is 9.52. The second kappa shape index (κ2) is 6.55. The number of carbonyl (C=O) groups is 1. The third-order valence-electron chi connectivity index (χ3n) is 4.14. The zero-order valence-corrected chi connectivity index (χ0v) is 15.2. The monoisotopic (exact) mass is 374 g/mol. The van der Waals surface area contributed by atoms with Crippen LogP contribution in [0.2, 0.25) is 0 Å². The minimum atomic E-state index is -3.53. The van der Waals surface area contributed by atoms with Crippen molar-refractivity contribution in [2.24, 2.45) is 12.5 Å². The van der Waals surface area contributed by atoms with Gasteiger partial charge in [0.1, 0.15) is 17.5 Å². The summed E-state index contributed by atoms with van der Waals surface area (Å²) in [4.78, 5) is 16.4. The van der Waals surface area contributed by atoms with Crippen LogP contribution in [0.3, 0.4) is 0 Å². The maximum atomic E-state index is 12.6. The summed E-state index contributed by atoms with van der Waals surface area (Å²) in [6, 6.07) is 6.25. The summed E-state index contributed by atoms with van der Waals surface area (Å²) in [5, 5.41) is 11.5. The smallest absolute Gasteiger partial charge is 0.272 e. The highest BCUT2D eigenvalue weighted by atomic mass is 32.2. The molecule has 136 valence electrons. The molecule has 0 bridgehead atoms. The van der Waals surface area contributed by atoms with Gasteiger partial charge in [0.05, 0.1) is 23.9 Å². The highest BCUT2D eigenvalue weighted by molar-refractivity contribution is 7.91. The van der Waals surface area contributed by atoms with Crippen LogP contribution in [0.15, 0.2) is 35.5 Å². The van der Waals surface area contributed by atoms with Crippen LogP contribution in [0.1, 0.15) is 23.1 Å². The molecule has 26 heavy (non-hydrogen) atoms. The van der Waals surface area contributed by atoms with E-state index in [1.54, 1.807) is 13.1 Å². The number of sulfone groups is 1. The molecule has 0 atom stereocenters. The molecule has 3 rings (SSSR count). The lowest BCUT2D eigenvalue weighted by atomic mass is 9.92. The molecule has 1 aliphatic rings. The summed E-state index contributed by atoms with van der Waals surface area (Å²) in [7, 11) is -1.92. The van der Waals surface area contributed by atoms with Crippen LogP contribution in [0.25, 0.3) is 0 Å². The van der Waals surface area contributed by atoms with Gasteiger partial charge in [-0.1, -0.05) is 6.92 Å². The van der Waals surface area contributed by atoms with Gasteiger partial charge in [-0.05, 0) is 18.2 Å². The molecule has 9 heteroatoms. The second-order valence-electron chi connectivity index (χ2n) is 6.73. The van der Waals surface area contributed by atoms with E-state index in [0.29, 0.717) is 18.9 Å². The highest BCUT2D eigenvalue weighted by Gasteiger charge is 2.39. The third kappa shape index (κ3) is 3.61. The lowest BCUT2D eigenvalue weighted by Gasteiger charge is -2.37. The summed E-state index contributed by atoms with van der Waals surface area (Å²) >= 11 is 0. The summed E-state index contributed by atoms with van der Waals surface area (Å²) < 4.78 is 31.8. The number of aromatic nitrogens is 2. The maximum absolute atomic E-state index is 12.6. The highest BCUT2D eigenvalue weighted by Crippen LogP contribution is 2.31. The standard InChI is InChI=1S/C17H18N4O4S/c1-17(9-25-10-17)11-26(23,24)14-6-15(21(2)8-14)16(22)20-12-3-4-19-13(5-12)7-18/h3-6,8H,9-11H2,1-2H3,(H,19,20,22). The molecular formula is C17H18N4O4S. The topological polar surface area (TPSA) is 114 Å². The van der Waals surface area contributed by atoms with Gasteiger partial charge in [0.15, 0.2) is 9.84 Å². The SMILES string of the molecule is Cn1cc(S(=O)(=O)CC2(C)COC2)cc1C(=O)Nc1ccnc(C#N)c1. The Morgan fingerprint density at radius 3 is 2.81 bits per heavy atom. The van der Waals surface area contributed by atoms with Crippen LogP contribution in [-0.2, 0) is 21.6 Å². The zero-order chi connectivity index (χ0) is 18.9. The average Bonchev–Trinajstić information content (AvgIpc) is 2.96. The van der Waals surface area contributed by atoms with Crippen molar-refractivity contribution >= 4 is 21.4 Å². The number of pyridine rings is 1. The molecule has 0 saturated carbocycles. The van der Waals surface area contributed by atoms with E-state index in [1.165, 1.54) is 29.1 Å². The second-order valence-corrected chi connectivity index (χ2v) is 8.72. The fourth-order valence-electron chi connectivity index (χ4n) is 2.77. The fourth-order valence-corrected chi connectivity index (χ4v) is 4.63. The zero-order valence-electron chi connectivity index (χ0n) is 14.4. The van der Waals surface area contributed by atoms with Crippen LogP contribution in [0, 0.1) is 16.7 Å². The van der Waals surface area contributed by atoms with Crippen molar-refractivity contribution in [1.29, 1.82) is 5.26 Å². The molecule has 2 aromatic heterocycles. The Labute approximate surface area is 151 Å². The number of carbonyl (C=O) groups excluding carboxylic acids is 1. The minimum absolute atomic E-state index is 0.0268. The Morgan fingerprint density at radius 2 is 2.19 bits per heavy atom. The van der Waals surface area contributed by atoms with Gasteiger partial charge in [-0.25, -0.2) is 13.4 Å². The number of nitrogens with one attached hydrogen (secondary N) is 1. The van der Waals surface area contributed by atoms with Gasteiger partial charge in [-0.15, -0.1) is 0 Å². The number of aryl methyl sites for hydroxylation is 1. The minimum Gasteiger partial charge on any atom is -0.380 e. The van der Waals surface area contributed by atoms with Crippen LogP contribution in [0.4, 0.5) is 5.69 Å². The normalized spacial score (nSPS) is 15.7. The first-order valence-electron chi connectivity index (χ1n) is 7.87. The fraction of sp³-hybridized carbons (Fsp3) is 0.353. The molecule has 1 fully saturated rings. The van der Waals surface area contributed by atoms with Crippen LogP contribution < -0.4 is 5.32 Å². The number of hydrogen-bond donors (Lipinski definition) is 1. The molecule has 8 nitrogen and oxygen atoms in total. The number of nitriles is 1. The Bertz CT molecular complexity index is 1000. The predicted octanol–water partition coefficient (Wildman–Crippen LogP) is 1.35. The van der Waals surface area contributed by atoms with E-state index in [0.717, 1.165) is 0 Å². The quantitative estimate of drug-likeness (QED) is 0.845. The first kappa shape index (κ1) is 18.1. The summed E-state index contributed by atoms with van der Waals surface area (Å²) in [5.74, 6) is -0.497. The molecule has 0 spiro atoms. The van der Waals surface area contributed by atoms with Crippen molar-refractivity contribution in [3.8, 4) is 6.07 Å². The van der Waals surface area contributed by atoms with Crippen LogP contribution in [-0.4, -0.2) is 42.8 Å². The van der Waals surface area contributed by atoms with Crippen LogP contribution >= 0.6 is 0 Å². The molecular weight excluding hydrogens is 356 g/mol. The third-order valence-corrected chi connectivity index (χ3v) is 6.16. The van der Waals surface area contributed by atoms with Crippen LogP contribution in [0.5, 0.6) is 0 Å². The molecule has 2 aromatic rings. The van der Waals surface area contributed by atoms with Gasteiger partial charge in [0.2, 0.25) is 0 Å². The molecule has 1 N–H and O–H groups in total. The Kier molecular flexibility index (Phi) is 4.56. The molecule has 0 aliphatic carbocycles. The molecule has 0 unspecified atom stereocenters. The van der Waals surface area contributed by atoms with Gasteiger partial charge in [-0.3, -0.25) is 4.79 Å². The van der Waals surface area contributed by atoms with Gasteiger partial charge in [0, 0.05) is 30.5 Å². The van der Waals surface area contributed by atoms with Crippen molar-refractivity contribution in [2.45, 2.75) is 11.8 Å². The van der Waals surface area contributed by atoms with Gasteiger partial charge in [0.25, 0.3) is 5.91 Å². The molecule has 1 aliphatic heterocycles. The number of amides is 1. The number of nitrogens with zero attached hydrogens (tertiary/aromatic N) is 3. The summed E-state index contributed by atoms with van der Waals surface area (Å²) in [5.41, 5.74) is 0.399. The van der Waals surface area contributed by atoms with E-state index in [-0.39, 0.29) is 27.5 Å². The number of ether oxygens (including phenoxy) is 1. The Hall–Kier alpha value is -2.70. The Morgan fingerprint density at radius 1 is 1.46 bits per heavy atom. The maximum Gasteiger partial charge on any atom is 0.272 e. The molecule has 1 amide bonds. The van der Waals surface area contributed by atoms with Crippen molar-refractivity contribution < 1.29 is 17.9 Å². The summed E-state index contributed by atoms with van der Waals surface area (Å²) in [6.07, 6.45) is 2.84. The van der Waals surface area contributed by atoms with E-state index >= 15 is 0 Å². The van der Waals surface area contributed by atoms with E-state index in [1.807, 2.05) is 13.0 Å². The molecule has 0 radical (unpaired) electrons. The van der Waals surface area contributed by atoms with Crippen molar-refractivity contribution in [3.63, 3.8) is 0 Å². The van der Waals surface area contributed by atoms with Gasteiger partial charge >= 0.3 is 0 Å². The van der Waals surface area contributed by atoms with Crippen molar-refractivity contribution in [2.75, 3.05) is 24.3 Å². The van der Waals surface area contributed by atoms with E-state index in [2.05, 4.69) is 10.3 Å². The van der Waals surface area contributed by atoms with E-state index < -0.39 is 15.7 Å². The summed E-state index contributed by atoms with van der Waals surface area (Å²) in [6.45, 7) is 2.69. The van der Waals surface area contributed by atoms with E-state index in [4.69, 9.17) is 10.00 Å². The lowest BCUT2D eigenvalue weighted by molar-refractivity contribution is -0.0870. The molecule has 3 heterocycles. The van der Waals surface area contributed by atoms with E-state index in [9.17, 15) is 13.2 Å². The molecule has 0 aromatic carbocycles. The number of rotatable bonds is 5. The average molecular weight is 374 g/mol. The van der Waals surface area contributed by atoms with Gasteiger partial charge in [-0.2, -0.15) is 5.26 Å². The van der Waals surface area contributed by atoms with Crippen molar-refractivity contribution in [3.05, 3.63) is 42.0 Å².